The van der Waals surface area contributed by atoms with Crippen LogP contribution in [-0.4, -0.2) is 213 Å². The van der Waals surface area contributed by atoms with Gasteiger partial charge in [-0.3, -0.25) is 48.6 Å². The number of urea groups is 1. The van der Waals surface area contributed by atoms with Crippen molar-refractivity contribution in [1.82, 2.24) is 31.5 Å². The highest BCUT2D eigenvalue weighted by Gasteiger charge is 2.33. The van der Waals surface area contributed by atoms with Crippen LogP contribution in [0.4, 0.5) is 21.0 Å². The van der Waals surface area contributed by atoms with Crippen LogP contribution < -0.4 is 42.4 Å². The van der Waals surface area contributed by atoms with Gasteiger partial charge < -0.3 is 89.8 Å². The average molecular weight is 1200 g/mol. The van der Waals surface area contributed by atoms with Crippen LogP contribution >= 0.6 is 0 Å². The standard InChI is InChI=1S/C54H77N9O22/c1-38(2)49(52(71)60-43(4-3-16-57-53(55)72)50(69)58-40-7-5-39(6-8-40)37-84-54(73)85-42-11-9-41(10-12-42)63(74)75)61-51(70)44(59-45(65)15-18-62-47(67)13-14-48(62)68)36-46(66)56-17-20-76-22-24-78-26-28-80-30-32-82-34-35-83-33-31-81-29-27-79-25-23-77-21-19-64/h5-14,19,38,43-44,49H,3-4,15-18,20-37H2,1-2H3,(H,56,66)(H,58,69)(H,59,65)(H,60,71)(H,61,70)(H3,55,57,72)/t43-,44-,49-/m0/s1. The Balaban J connectivity index is 1.46. The minimum atomic E-state index is -1.57. The minimum absolute atomic E-state index is 0.00498. The topological polar surface area (TPSA) is 408 Å². The molecular weight excluding hydrogens is 1130 g/mol. The molecule has 1 heterocycles. The number of nitro groups is 1. The SMILES string of the molecule is CC(C)[C@H](NC(=O)[C@H](CC(=O)NCCOCCOCCOCCOCCOCCOCCOCCOCC=O)NC(=O)CCN1C(=O)C=CC1=O)C(=O)N[C@@H](CCCNC(N)=O)C(=O)Nc1ccc(COC(=O)Oc2ccc([N+](=O)[O-])cc2)cc1. The van der Waals surface area contributed by atoms with Crippen LogP contribution in [0.1, 0.15) is 45.1 Å². The largest absolute Gasteiger partial charge is 0.514 e. The van der Waals surface area contributed by atoms with Gasteiger partial charge in [0, 0.05) is 56.0 Å². The number of amides is 9. The fraction of sp³-hybridized carbons (Fsp3) is 0.556. The molecule has 31 heteroatoms. The van der Waals surface area contributed by atoms with Gasteiger partial charge in [0.05, 0.1) is 110 Å². The van der Waals surface area contributed by atoms with Crippen molar-refractivity contribution < 1.29 is 100 Å². The number of rotatable bonds is 47. The summed E-state index contributed by atoms with van der Waals surface area (Å²) in [4.78, 5) is 137. The van der Waals surface area contributed by atoms with Gasteiger partial charge in [0.1, 0.15) is 43.4 Å². The Morgan fingerprint density at radius 2 is 1.15 bits per heavy atom. The summed E-state index contributed by atoms with van der Waals surface area (Å²) in [5.41, 5.74) is 5.76. The predicted octanol–water partition coefficient (Wildman–Crippen LogP) is -0.0391. The first kappa shape index (κ1) is 71.2. The first-order chi connectivity index (χ1) is 41.0. The maximum Gasteiger partial charge on any atom is 0.514 e. The second-order valence-electron chi connectivity index (χ2n) is 18.4. The molecule has 0 bridgehead atoms. The highest BCUT2D eigenvalue weighted by atomic mass is 16.7. The lowest BCUT2D eigenvalue weighted by atomic mass is 10.0. The van der Waals surface area contributed by atoms with Crippen LogP contribution in [0.3, 0.4) is 0 Å². The number of primary amides is 1. The summed E-state index contributed by atoms with van der Waals surface area (Å²) in [6.45, 7) is 7.67. The van der Waals surface area contributed by atoms with Crippen LogP contribution in [0, 0.1) is 16.0 Å². The van der Waals surface area contributed by atoms with E-state index in [9.17, 15) is 58.1 Å². The molecule has 9 amide bonds. The first-order valence-corrected chi connectivity index (χ1v) is 27.2. The molecule has 1 aliphatic heterocycles. The van der Waals surface area contributed by atoms with Gasteiger partial charge >= 0.3 is 12.2 Å². The maximum absolute atomic E-state index is 14.0. The zero-order valence-corrected chi connectivity index (χ0v) is 47.6. The number of anilines is 1. The van der Waals surface area contributed by atoms with Gasteiger partial charge in [-0.05, 0) is 48.6 Å². The molecule has 2 aromatic carbocycles. The van der Waals surface area contributed by atoms with Crippen molar-refractivity contribution in [1.29, 1.82) is 0 Å². The van der Waals surface area contributed by atoms with Gasteiger partial charge in [0.15, 0.2) is 0 Å². The predicted molar refractivity (Wildman–Crippen MR) is 297 cm³/mol. The number of nitro benzene ring substituents is 1. The molecule has 3 rings (SSSR count). The zero-order chi connectivity index (χ0) is 62.0. The zero-order valence-electron chi connectivity index (χ0n) is 47.6. The summed E-state index contributed by atoms with van der Waals surface area (Å²) in [6.07, 6.45) is 0.785. The fourth-order valence-electron chi connectivity index (χ4n) is 7.19. The van der Waals surface area contributed by atoms with E-state index in [0.717, 1.165) is 29.2 Å². The Hall–Kier alpha value is -8.04. The van der Waals surface area contributed by atoms with E-state index in [4.69, 9.17) is 53.1 Å². The number of benzene rings is 2. The molecular formula is C54H77N9O22. The average Bonchev–Trinajstić information content (AvgIpc) is 3.83. The van der Waals surface area contributed by atoms with E-state index in [-0.39, 0.29) is 82.6 Å². The molecule has 0 saturated carbocycles. The number of ether oxygens (including phenoxy) is 10. The Morgan fingerprint density at radius 3 is 1.66 bits per heavy atom. The number of carbonyl (C=O) groups excluding carboxylic acids is 10. The van der Waals surface area contributed by atoms with Gasteiger partial charge in [-0.15, -0.1) is 0 Å². The summed E-state index contributed by atoms with van der Waals surface area (Å²) in [5.74, 6) is -5.83. The van der Waals surface area contributed by atoms with E-state index >= 15 is 0 Å². The number of non-ortho nitro benzene ring substituents is 1. The van der Waals surface area contributed by atoms with Gasteiger partial charge in [-0.2, -0.15) is 0 Å². The summed E-state index contributed by atoms with van der Waals surface area (Å²) in [7, 11) is 0. The molecule has 31 nitrogen and oxygen atoms in total. The normalized spacial score (nSPS) is 12.9. The van der Waals surface area contributed by atoms with Crippen LogP contribution in [0.5, 0.6) is 5.75 Å². The van der Waals surface area contributed by atoms with Gasteiger partial charge in [-0.1, -0.05) is 26.0 Å². The molecule has 2 aromatic rings. The van der Waals surface area contributed by atoms with Crippen molar-refractivity contribution in [3.63, 3.8) is 0 Å². The second kappa shape index (κ2) is 42.7. The number of aldehydes is 1. The monoisotopic (exact) mass is 1200 g/mol. The van der Waals surface area contributed by atoms with Gasteiger partial charge in [0.2, 0.25) is 29.5 Å². The number of nitrogens with two attached hydrogens (primary N) is 1. The van der Waals surface area contributed by atoms with Crippen molar-refractivity contribution in [3.05, 3.63) is 76.4 Å². The van der Waals surface area contributed by atoms with Gasteiger partial charge in [-0.25, -0.2) is 9.59 Å². The van der Waals surface area contributed by atoms with Crippen molar-refractivity contribution in [2.24, 2.45) is 11.7 Å². The number of nitrogens with one attached hydrogen (secondary N) is 6. The Kier molecular flexibility index (Phi) is 35.8. The first-order valence-electron chi connectivity index (χ1n) is 27.2. The smallest absolute Gasteiger partial charge is 0.429 e. The van der Waals surface area contributed by atoms with Crippen molar-refractivity contribution in [2.45, 2.75) is 64.3 Å². The third kappa shape index (κ3) is 32.0. The summed E-state index contributed by atoms with van der Waals surface area (Å²) < 4.78 is 53.3. The van der Waals surface area contributed by atoms with E-state index in [0.29, 0.717) is 91.1 Å². The Bertz CT molecular complexity index is 2430. The number of imide groups is 1. The fourth-order valence-corrected chi connectivity index (χ4v) is 7.19. The Morgan fingerprint density at radius 1 is 0.624 bits per heavy atom. The van der Waals surface area contributed by atoms with Crippen molar-refractivity contribution in [2.75, 3.05) is 131 Å². The maximum atomic E-state index is 14.0. The molecule has 1 aliphatic rings. The van der Waals surface area contributed by atoms with E-state index in [1.54, 1.807) is 13.8 Å². The summed E-state index contributed by atoms with van der Waals surface area (Å²) in [5, 5.41) is 26.3. The number of nitrogens with zero attached hydrogens (tertiary/aromatic N) is 2. The molecule has 85 heavy (non-hydrogen) atoms. The highest BCUT2D eigenvalue weighted by molar-refractivity contribution is 6.13. The number of hydrogen-bond donors (Lipinski definition) is 7. The molecule has 8 N–H and O–H groups in total. The lowest BCUT2D eigenvalue weighted by molar-refractivity contribution is -0.384. The molecule has 0 fully saturated rings. The van der Waals surface area contributed by atoms with Crippen molar-refractivity contribution in [3.8, 4) is 5.75 Å². The lowest BCUT2D eigenvalue weighted by Gasteiger charge is -2.27. The Labute approximate surface area is 490 Å². The molecule has 0 aliphatic carbocycles. The van der Waals surface area contributed by atoms with Crippen LogP contribution in [0.2, 0.25) is 0 Å². The lowest BCUT2D eigenvalue weighted by Crippen LogP contribution is -2.58. The number of hydrogen-bond acceptors (Lipinski definition) is 22. The summed E-state index contributed by atoms with van der Waals surface area (Å²) >= 11 is 0. The molecule has 470 valence electrons. The van der Waals surface area contributed by atoms with Crippen molar-refractivity contribution >= 4 is 71.2 Å². The number of carbonyl (C=O) groups is 10. The van der Waals surface area contributed by atoms with E-state index in [1.165, 1.54) is 36.4 Å². The molecule has 0 spiro atoms. The van der Waals surface area contributed by atoms with E-state index < -0.39 is 95.3 Å². The highest BCUT2D eigenvalue weighted by Crippen LogP contribution is 2.19. The van der Waals surface area contributed by atoms with Crippen LogP contribution in [-0.2, 0) is 87.6 Å². The molecule has 0 radical (unpaired) electrons. The molecule has 0 saturated heterocycles. The molecule has 3 atom stereocenters. The third-order valence-corrected chi connectivity index (χ3v) is 11.5. The second-order valence-corrected chi connectivity index (χ2v) is 18.4. The minimum Gasteiger partial charge on any atom is -0.429 e. The van der Waals surface area contributed by atoms with E-state index in [1.807, 2.05) is 0 Å². The summed E-state index contributed by atoms with van der Waals surface area (Å²) in [6, 6.07) is 5.85. The third-order valence-electron chi connectivity index (χ3n) is 11.5. The van der Waals surface area contributed by atoms with Crippen LogP contribution in [0.25, 0.3) is 0 Å². The molecule has 0 aromatic heterocycles. The van der Waals surface area contributed by atoms with Crippen LogP contribution in [0.15, 0.2) is 60.7 Å². The quantitative estimate of drug-likeness (QED) is 0.00869. The molecule has 0 unspecified atom stereocenters. The van der Waals surface area contributed by atoms with E-state index in [2.05, 4.69) is 31.9 Å². The van der Waals surface area contributed by atoms with Gasteiger partial charge in [0.25, 0.3) is 17.5 Å².